The van der Waals surface area contributed by atoms with Crippen LogP contribution in [0.4, 0.5) is 5.69 Å². The standard InChI is InChI=1S/C29H43N3O3S/c1-4-7-18-32(19-8-5-2)27-20-24(26(6-3)31-22-23-14-12-13-15-23)21-28(36(30,33)34)29(27)35-25-16-10-9-11-17-25/h6,9-11,16-17,20-21,23,31H,4-5,7-8,12-15,18-19,22H2,1-3H3,(H2,30,33,34)/b26-6+. The van der Waals surface area contributed by atoms with Gasteiger partial charge in [-0.05, 0) is 62.8 Å². The van der Waals surface area contributed by atoms with Crippen LogP contribution in [0.15, 0.2) is 53.4 Å². The number of anilines is 1. The van der Waals surface area contributed by atoms with E-state index < -0.39 is 10.0 Å². The van der Waals surface area contributed by atoms with Crippen molar-refractivity contribution in [2.75, 3.05) is 24.5 Å². The number of unbranched alkanes of at least 4 members (excludes halogenated alkanes) is 2. The Bertz CT molecular complexity index is 1090. The van der Waals surface area contributed by atoms with Crippen LogP contribution in [0.2, 0.25) is 0 Å². The first-order valence-corrected chi connectivity index (χ1v) is 15.0. The zero-order valence-electron chi connectivity index (χ0n) is 22.1. The van der Waals surface area contributed by atoms with Crippen LogP contribution >= 0.6 is 0 Å². The Hall–Kier alpha value is -2.51. The van der Waals surface area contributed by atoms with Crippen molar-refractivity contribution in [3.05, 3.63) is 54.1 Å². The zero-order chi connectivity index (χ0) is 26.0. The number of primary sulfonamides is 1. The lowest BCUT2D eigenvalue weighted by Gasteiger charge is -2.29. The van der Waals surface area contributed by atoms with Gasteiger partial charge in [-0.25, -0.2) is 13.6 Å². The summed E-state index contributed by atoms with van der Waals surface area (Å²) in [6.45, 7) is 8.82. The molecule has 0 atom stereocenters. The summed E-state index contributed by atoms with van der Waals surface area (Å²) in [5.74, 6) is 1.53. The fourth-order valence-corrected chi connectivity index (χ4v) is 5.48. The molecule has 0 amide bonds. The van der Waals surface area contributed by atoms with E-state index in [9.17, 15) is 8.42 Å². The molecule has 1 saturated carbocycles. The first-order chi connectivity index (χ1) is 17.4. The Morgan fingerprint density at radius 3 is 2.28 bits per heavy atom. The maximum Gasteiger partial charge on any atom is 0.241 e. The number of benzene rings is 2. The van der Waals surface area contributed by atoms with Gasteiger partial charge in [0, 0.05) is 30.9 Å². The van der Waals surface area contributed by atoms with Gasteiger partial charge in [-0.2, -0.15) is 0 Å². The third-order valence-corrected chi connectivity index (χ3v) is 7.78. The van der Waals surface area contributed by atoms with E-state index in [0.717, 1.165) is 62.3 Å². The average Bonchev–Trinajstić information content (AvgIpc) is 3.39. The molecule has 6 nitrogen and oxygen atoms in total. The maximum absolute atomic E-state index is 12.9. The lowest BCUT2D eigenvalue weighted by atomic mass is 10.1. The van der Waals surface area contributed by atoms with Crippen molar-refractivity contribution in [3.8, 4) is 11.5 Å². The normalized spacial score (nSPS) is 14.7. The van der Waals surface area contributed by atoms with Gasteiger partial charge in [0.05, 0.1) is 5.69 Å². The predicted octanol–water partition coefficient (Wildman–Crippen LogP) is 6.67. The van der Waals surface area contributed by atoms with Crippen molar-refractivity contribution < 1.29 is 13.2 Å². The van der Waals surface area contributed by atoms with Gasteiger partial charge in [-0.3, -0.25) is 0 Å². The van der Waals surface area contributed by atoms with Gasteiger partial charge in [0.25, 0.3) is 0 Å². The molecule has 36 heavy (non-hydrogen) atoms. The smallest absolute Gasteiger partial charge is 0.241 e. The van der Waals surface area contributed by atoms with Crippen molar-refractivity contribution >= 4 is 21.4 Å². The first-order valence-electron chi connectivity index (χ1n) is 13.5. The molecule has 0 heterocycles. The van der Waals surface area contributed by atoms with E-state index >= 15 is 0 Å². The summed E-state index contributed by atoms with van der Waals surface area (Å²) in [6.07, 6.45) is 11.2. The highest BCUT2D eigenvalue weighted by atomic mass is 32.2. The summed E-state index contributed by atoms with van der Waals surface area (Å²) in [6, 6.07) is 13.0. The molecule has 0 aliphatic heterocycles. The van der Waals surface area contributed by atoms with E-state index in [1.54, 1.807) is 6.07 Å². The zero-order valence-corrected chi connectivity index (χ0v) is 22.9. The van der Waals surface area contributed by atoms with Gasteiger partial charge in [0.15, 0.2) is 5.75 Å². The average molecular weight is 514 g/mol. The quantitative estimate of drug-likeness (QED) is 0.295. The number of allylic oxidation sites excluding steroid dienone is 1. The summed E-state index contributed by atoms with van der Waals surface area (Å²) < 4.78 is 32.1. The number of sulfonamides is 1. The van der Waals surface area contributed by atoms with E-state index in [1.807, 2.05) is 43.3 Å². The van der Waals surface area contributed by atoms with Gasteiger partial charge < -0.3 is 15.0 Å². The molecule has 3 rings (SSSR count). The Kier molecular flexibility index (Phi) is 10.7. The molecule has 0 unspecified atom stereocenters. The van der Waals surface area contributed by atoms with Crippen LogP contribution in [0, 0.1) is 5.92 Å². The van der Waals surface area contributed by atoms with Crippen LogP contribution in [-0.4, -0.2) is 28.1 Å². The topological polar surface area (TPSA) is 84.7 Å². The molecule has 0 spiro atoms. The van der Waals surface area contributed by atoms with Crippen LogP contribution < -0.4 is 20.1 Å². The fourth-order valence-electron chi connectivity index (χ4n) is 4.79. The number of hydrogen-bond acceptors (Lipinski definition) is 5. The van der Waals surface area contributed by atoms with Crippen LogP contribution in [0.25, 0.3) is 5.70 Å². The molecule has 1 fully saturated rings. The number of nitrogens with two attached hydrogens (primary N) is 1. The molecule has 198 valence electrons. The molecule has 1 aliphatic rings. The molecule has 2 aromatic rings. The van der Waals surface area contributed by atoms with E-state index in [1.165, 1.54) is 25.7 Å². The summed E-state index contributed by atoms with van der Waals surface area (Å²) in [4.78, 5) is 2.27. The maximum atomic E-state index is 12.9. The molecule has 0 radical (unpaired) electrons. The molecule has 0 bridgehead atoms. The monoisotopic (exact) mass is 513 g/mol. The molecule has 2 aromatic carbocycles. The SMILES string of the molecule is C/C=C(/NCC1CCCC1)c1cc(N(CCCC)CCCC)c(Oc2ccccc2)c(S(N)(=O)=O)c1. The minimum absolute atomic E-state index is 0.0128. The van der Waals surface area contributed by atoms with Gasteiger partial charge in [-0.1, -0.05) is 63.8 Å². The highest BCUT2D eigenvalue weighted by molar-refractivity contribution is 7.89. The lowest BCUT2D eigenvalue weighted by Crippen LogP contribution is -2.27. The number of para-hydroxylation sites is 1. The molecular formula is C29H43N3O3S. The molecule has 7 heteroatoms. The highest BCUT2D eigenvalue weighted by Crippen LogP contribution is 2.41. The summed E-state index contributed by atoms with van der Waals surface area (Å²) >= 11 is 0. The van der Waals surface area contributed by atoms with Gasteiger partial charge in [0.2, 0.25) is 10.0 Å². The van der Waals surface area contributed by atoms with E-state index in [2.05, 4.69) is 30.1 Å². The van der Waals surface area contributed by atoms with Crippen molar-refractivity contribution in [1.29, 1.82) is 0 Å². The molecule has 3 N–H and O–H groups in total. The summed E-state index contributed by atoms with van der Waals surface area (Å²) in [5, 5.41) is 9.39. The summed E-state index contributed by atoms with van der Waals surface area (Å²) in [7, 11) is -4.05. The number of nitrogens with one attached hydrogen (secondary N) is 1. The first kappa shape index (κ1) is 28.1. The third kappa shape index (κ3) is 7.74. The summed E-state index contributed by atoms with van der Waals surface area (Å²) in [5.41, 5.74) is 2.50. The van der Waals surface area contributed by atoms with Crippen molar-refractivity contribution in [2.45, 2.75) is 77.0 Å². The second kappa shape index (κ2) is 13.7. The lowest BCUT2D eigenvalue weighted by molar-refractivity contribution is 0.465. The molecular weight excluding hydrogens is 470 g/mol. The Balaban J connectivity index is 2.12. The Morgan fingerprint density at radius 2 is 1.72 bits per heavy atom. The number of rotatable bonds is 14. The van der Waals surface area contributed by atoms with Crippen molar-refractivity contribution in [3.63, 3.8) is 0 Å². The minimum Gasteiger partial charge on any atom is -0.454 e. The fraction of sp³-hybridized carbons (Fsp3) is 0.517. The van der Waals surface area contributed by atoms with Gasteiger partial charge in [-0.15, -0.1) is 0 Å². The van der Waals surface area contributed by atoms with Crippen LogP contribution in [0.3, 0.4) is 0 Å². The molecule has 1 aliphatic carbocycles. The van der Waals surface area contributed by atoms with Crippen LogP contribution in [0.1, 0.15) is 77.7 Å². The number of nitrogens with zero attached hydrogens (tertiary/aromatic N) is 1. The van der Waals surface area contributed by atoms with Crippen molar-refractivity contribution in [1.82, 2.24) is 5.32 Å². The highest BCUT2D eigenvalue weighted by Gasteiger charge is 2.26. The van der Waals surface area contributed by atoms with E-state index in [4.69, 9.17) is 9.88 Å². The number of ether oxygens (including phenoxy) is 1. The Morgan fingerprint density at radius 1 is 1.08 bits per heavy atom. The second-order valence-electron chi connectivity index (χ2n) is 9.71. The van der Waals surface area contributed by atoms with Crippen LogP contribution in [-0.2, 0) is 10.0 Å². The van der Waals surface area contributed by atoms with Gasteiger partial charge >= 0.3 is 0 Å². The molecule has 0 saturated heterocycles. The predicted molar refractivity (Wildman–Crippen MR) is 150 cm³/mol. The third-order valence-electron chi connectivity index (χ3n) is 6.86. The Labute approximate surface area is 218 Å². The van der Waals surface area contributed by atoms with Crippen molar-refractivity contribution in [2.24, 2.45) is 11.1 Å². The second-order valence-corrected chi connectivity index (χ2v) is 11.2. The van der Waals surface area contributed by atoms with Gasteiger partial charge in [0.1, 0.15) is 10.6 Å². The number of hydrogen-bond donors (Lipinski definition) is 2. The van der Waals surface area contributed by atoms with Crippen LogP contribution in [0.5, 0.6) is 11.5 Å². The minimum atomic E-state index is -4.05. The largest absolute Gasteiger partial charge is 0.454 e. The van der Waals surface area contributed by atoms with E-state index in [-0.39, 0.29) is 4.90 Å². The molecule has 0 aromatic heterocycles. The van der Waals surface area contributed by atoms with E-state index in [0.29, 0.717) is 17.4 Å².